The molecule has 0 saturated carbocycles. The molecule has 4 heteroatoms. The van der Waals surface area contributed by atoms with E-state index in [-0.39, 0.29) is 17.6 Å². The molecule has 0 unspecified atom stereocenters. The molecule has 0 amide bonds. The lowest BCUT2D eigenvalue weighted by Crippen LogP contribution is -2.22. The predicted molar refractivity (Wildman–Crippen MR) is 95.7 cm³/mol. The minimum Gasteiger partial charge on any atom is -0.545 e. The molecule has 2 aromatic rings. The van der Waals surface area contributed by atoms with Crippen molar-refractivity contribution in [1.82, 2.24) is 0 Å². The average molecular weight is 341 g/mol. The summed E-state index contributed by atoms with van der Waals surface area (Å²) >= 11 is 0. The maximum atomic E-state index is 10.7. The second-order valence-electron chi connectivity index (χ2n) is 7.26. The zero-order chi connectivity index (χ0) is 18.4. The first-order valence-electron chi connectivity index (χ1n) is 8.47. The molecule has 134 valence electrons. The van der Waals surface area contributed by atoms with Crippen LogP contribution in [0.4, 0.5) is 0 Å². The van der Waals surface area contributed by atoms with Gasteiger partial charge >= 0.3 is 0 Å². The molecule has 0 aliphatic heterocycles. The Labute approximate surface area is 149 Å². The highest BCUT2D eigenvalue weighted by Gasteiger charge is 2.13. The number of hydrogen-bond acceptors (Lipinski definition) is 4. The van der Waals surface area contributed by atoms with Crippen LogP contribution < -0.4 is 9.84 Å². The topological polar surface area (TPSA) is 69.6 Å². The highest BCUT2D eigenvalue weighted by atomic mass is 16.5. The van der Waals surface area contributed by atoms with E-state index < -0.39 is 12.1 Å². The molecule has 2 rings (SSSR count). The molecule has 4 nitrogen and oxygen atoms in total. The highest BCUT2D eigenvalue weighted by Crippen LogP contribution is 2.22. The molecule has 0 fully saturated rings. The number of hydrogen-bond donors (Lipinski definition) is 1. The molecule has 0 aliphatic carbocycles. The van der Waals surface area contributed by atoms with Crippen LogP contribution in [0.5, 0.6) is 5.75 Å². The fraction of sp³-hybridized carbons (Fsp3) is 0.381. The van der Waals surface area contributed by atoms with Crippen LogP contribution >= 0.6 is 0 Å². The number of aliphatic hydroxyl groups is 1. The van der Waals surface area contributed by atoms with E-state index in [0.717, 1.165) is 6.42 Å². The van der Waals surface area contributed by atoms with Crippen LogP contribution in [0.15, 0.2) is 48.5 Å². The molecule has 1 N–H and O–H groups in total. The van der Waals surface area contributed by atoms with Gasteiger partial charge in [0.25, 0.3) is 0 Å². The third-order valence-corrected chi connectivity index (χ3v) is 4.12. The van der Waals surface area contributed by atoms with Crippen LogP contribution in [0, 0.1) is 0 Å². The number of aliphatic hydroxyl groups excluding tert-OH is 1. The molecule has 0 bridgehead atoms. The molecule has 0 spiro atoms. The van der Waals surface area contributed by atoms with E-state index >= 15 is 0 Å². The summed E-state index contributed by atoms with van der Waals surface area (Å²) in [4.78, 5) is 10.7. The molecule has 0 aliphatic rings. The maximum Gasteiger partial charge on any atom is 0.119 e. The Morgan fingerprint density at radius 1 is 1.08 bits per heavy atom. The van der Waals surface area contributed by atoms with E-state index in [9.17, 15) is 15.0 Å². The van der Waals surface area contributed by atoms with Gasteiger partial charge in [-0.25, -0.2) is 0 Å². The summed E-state index contributed by atoms with van der Waals surface area (Å²) in [6, 6.07) is 14.4. The van der Waals surface area contributed by atoms with Crippen LogP contribution in [0.25, 0.3) is 0 Å². The van der Waals surface area contributed by atoms with Crippen LogP contribution in [0.2, 0.25) is 0 Å². The summed E-state index contributed by atoms with van der Waals surface area (Å²) in [6.07, 6.45) is 0.799. The summed E-state index contributed by atoms with van der Waals surface area (Å²) < 4.78 is 5.49. The molecule has 0 saturated heterocycles. The number of ether oxygens (including phenoxy) is 1. The average Bonchev–Trinajstić information content (AvgIpc) is 2.58. The monoisotopic (exact) mass is 341 g/mol. The lowest BCUT2D eigenvalue weighted by Gasteiger charge is -2.19. The fourth-order valence-corrected chi connectivity index (χ4v) is 2.47. The molecule has 25 heavy (non-hydrogen) atoms. The largest absolute Gasteiger partial charge is 0.545 e. The van der Waals surface area contributed by atoms with Crippen molar-refractivity contribution in [2.75, 3.05) is 6.61 Å². The van der Waals surface area contributed by atoms with Gasteiger partial charge in [0.1, 0.15) is 12.4 Å². The summed E-state index contributed by atoms with van der Waals surface area (Å²) in [6.45, 7) is 6.72. The van der Waals surface area contributed by atoms with Crippen molar-refractivity contribution >= 4 is 5.97 Å². The molecular weight excluding hydrogens is 316 g/mol. The minimum atomic E-state index is -1.22. The van der Waals surface area contributed by atoms with Crippen molar-refractivity contribution in [3.63, 3.8) is 0 Å². The predicted octanol–water partition coefficient (Wildman–Crippen LogP) is 2.72. The van der Waals surface area contributed by atoms with Crippen LogP contribution in [-0.4, -0.2) is 23.8 Å². The van der Waals surface area contributed by atoms with Gasteiger partial charge in [0, 0.05) is 0 Å². The van der Waals surface area contributed by atoms with Crippen molar-refractivity contribution in [2.24, 2.45) is 0 Å². The lowest BCUT2D eigenvalue weighted by molar-refractivity contribution is -0.255. The van der Waals surface area contributed by atoms with Gasteiger partial charge in [0.15, 0.2) is 0 Å². The van der Waals surface area contributed by atoms with Gasteiger partial charge in [-0.3, -0.25) is 0 Å². The van der Waals surface area contributed by atoms with Gasteiger partial charge in [0.05, 0.1) is 12.1 Å². The van der Waals surface area contributed by atoms with E-state index in [1.54, 1.807) is 12.1 Å². The standard InChI is InChI=1S/C21H26O4/c1-21(2,3)17-9-4-15(5-10-17)6-11-18(22)14-25-19-12-7-16(8-13-19)20(23)24/h4-5,7-10,12-13,18,22H,6,11,14H2,1-3H3,(H,23,24)/p-1/t18-/m0/s1. The summed E-state index contributed by atoms with van der Waals surface area (Å²) in [5.41, 5.74) is 2.72. The van der Waals surface area contributed by atoms with Gasteiger partial charge in [-0.05, 0) is 59.2 Å². The number of carbonyl (C=O) groups is 1. The van der Waals surface area contributed by atoms with Gasteiger partial charge < -0.3 is 19.7 Å². The van der Waals surface area contributed by atoms with Crippen molar-refractivity contribution in [1.29, 1.82) is 0 Å². The van der Waals surface area contributed by atoms with E-state index in [1.165, 1.54) is 23.3 Å². The van der Waals surface area contributed by atoms with Gasteiger partial charge in [-0.2, -0.15) is 0 Å². The van der Waals surface area contributed by atoms with E-state index in [1.807, 2.05) is 0 Å². The Balaban J connectivity index is 1.78. The van der Waals surface area contributed by atoms with E-state index in [0.29, 0.717) is 12.2 Å². The number of aromatic carboxylic acids is 1. The SMILES string of the molecule is CC(C)(C)c1ccc(CC[C@H](O)COc2ccc(C(=O)[O-])cc2)cc1. The number of rotatable bonds is 7. The first-order chi connectivity index (χ1) is 11.8. The van der Waals surface area contributed by atoms with Crippen molar-refractivity contribution in [3.8, 4) is 5.75 Å². The maximum absolute atomic E-state index is 10.7. The Morgan fingerprint density at radius 2 is 1.68 bits per heavy atom. The van der Waals surface area contributed by atoms with Gasteiger partial charge in [-0.1, -0.05) is 45.0 Å². The number of carboxylic acid groups (broad SMARTS) is 1. The Morgan fingerprint density at radius 3 is 2.20 bits per heavy atom. The van der Waals surface area contributed by atoms with Crippen LogP contribution in [0.3, 0.4) is 0 Å². The zero-order valence-electron chi connectivity index (χ0n) is 15.0. The molecule has 1 atom stereocenters. The number of carbonyl (C=O) groups excluding carboxylic acids is 1. The van der Waals surface area contributed by atoms with Crippen LogP contribution in [-0.2, 0) is 11.8 Å². The Bertz CT molecular complexity index is 681. The molecule has 0 heterocycles. The summed E-state index contributed by atoms with van der Waals surface area (Å²) in [7, 11) is 0. The number of benzene rings is 2. The summed E-state index contributed by atoms with van der Waals surface area (Å²) in [5.74, 6) is -0.692. The lowest BCUT2D eigenvalue weighted by atomic mass is 9.86. The number of carboxylic acids is 1. The van der Waals surface area contributed by atoms with Crippen molar-refractivity contribution in [2.45, 2.75) is 45.1 Å². The minimum absolute atomic E-state index is 0.103. The molecule has 0 aromatic heterocycles. The van der Waals surface area contributed by atoms with Gasteiger partial charge in [-0.15, -0.1) is 0 Å². The quantitative estimate of drug-likeness (QED) is 0.841. The third-order valence-electron chi connectivity index (χ3n) is 4.12. The summed E-state index contributed by atoms with van der Waals surface area (Å²) in [5, 5.41) is 20.8. The smallest absolute Gasteiger partial charge is 0.119 e. The highest BCUT2D eigenvalue weighted by molar-refractivity contribution is 5.85. The zero-order valence-corrected chi connectivity index (χ0v) is 15.0. The fourth-order valence-electron chi connectivity index (χ4n) is 2.47. The number of aryl methyl sites for hydroxylation is 1. The molecule has 2 aromatic carbocycles. The Kier molecular flexibility index (Phi) is 6.21. The Hall–Kier alpha value is -2.33. The first-order valence-corrected chi connectivity index (χ1v) is 8.47. The van der Waals surface area contributed by atoms with Crippen molar-refractivity contribution in [3.05, 3.63) is 65.2 Å². The molecule has 0 radical (unpaired) electrons. The van der Waals surface area contributed by atoms with Crippen molar-refractivity contribution < 1.29 is 19.7 Å². The first kappa shape index (κ1) is 19.0. The van der Waals surface area contributed by atoms with Gasteiger partial charge in [0.2, 0.25) is 0 Å². The van der Waals surface area contributed by atoms with E-state index in [4.69, 9.17) is 4.74 Å². The molecular formula is C21H25O4-. The second-order valence-corrected chi connectivity index (χ2v) is 7.26. The normalized spacial score (nSPS) is 12.6. The van der Waals surface area contributed by atoms with Crippen LogP contribution in [0.1, 0.15) is 48.7 Å². The third kappa shape index (κ3) is 5.91. The second kappa shape index (κ2) is 8.17. The van der Waals surface area contributed by atoms with E-state index in [2.05, 4.69) is 45.0 Å².